The van der Waals surface area contributed by atoms with Gasteiger partial charge in [-0.1, -0.05) is 6.07 Å². The molecule has 0 atom stereocenters. The minimum absolute atomic E-state index is 0.212. The minimum atomic E-state index is -0.438. The van der Waals surface area contributed by atoms with Gasteiger partial charge in [0.2, 0.25) is 5.88 Å². The molecule has 1 fully saturated rings. The number of carbonyl (C=O) groups excluding carboxylic acids is 1. The van der Waals surface area contributed by atoms with Crippen LogP contribution in [0.25, 0.3) is 0 Å². The van der Waals surface area contributed by atoms with Crippen molar-refractivity contribution in [3.63, 3.8) is 0 Å². The second-order valence-corrected chi connectivity index (χ2v) is 6.60. The van der Waals surface area contributed by atoms with Crippen molar-refractivity contribution in [2.45, 2.75) is 52.1 Å². The molecule has 0 saturated carbocycles. The van der Waals surface area contributed by atoms with Gasteiger partial charge in [-0.25, -0.2) is 9.78 Å². The maximum absolute atomic E-state index is 12.0. The number of nitrogens with zero attached hydrogens (tertiary/aromatic N) is 2. The SMILES string of the molecule is CCOc1ccc(C2CCN(C(=O)OC(C)(C)C)CC2)cn1. The summed E-state index contributed by atoms with van der Waals surface area (Å²) in [5, 5.41) is 0. The van der Waals surface area contributed by atoms with Gasteiger partial charge in [-0.05, 0) is 52.0 Å². The predicted octanol–water partition coefficient (Wildman–Crippen LogP) is 3.59. The van der Waals surface area contributed by atoms with Gasteiger partial charge < -0.3 is 14.4 Å². The number of ether oxygens (including phenoxy) is 2. The van der Waals surface area contributed by atoms with Crippen LogP contribution in [0.1, 0.15) is 52.0 Å². The van der Waals surface area contributed by atoms with E-state index in [1.54, 1.807) is 4.90 Å². The lowest BCUT2D eigenvalue weighted by atomic mass is 9.91. The standard InChI is InChI=1S/C17H26N2O3/c1-5-21-15-7-6-14(12-18-15)13-8-10-19(11-9-13)16(20)22-17(2,3)4/h6-7,12-13H,5,8-11H2,1-4H3. The summed E-state index contributed by atoms with van der Waals surface area (Å²) in [6.45, 7) is 9.71. The maximum Gasteiger partial charge on any atom is 0.410 e. The molecule has 0 radical (unpaired) electrons. The Labute approximate surface area is 132 Å². The second kappa shape index (κ2) is 6.99. The van der Waals surface area contributed by atoms with Crippen LogP contribution in [-0.2, 0) is 4.74 Å². The van der Waals surface area contributed by atoms with Crippen LogP contribution in [0.15, 0.2) is 18.3 Å². The van der Waals surface area contributed by atoms with Gasteiger partial charge >= 0.3 is 6.09 Å². The van der Waals surface area contributed by atoms with E-state index >= 15 is 0 Å². The molecule has 1 aliphatic heterocycles. The third-order valence-corrected chi connectivity index (χ3v) is 3.67. The second-order valence-electron chi connectivity index (χ2n) is 6.60. The van der Waals surface area contributed by atoms with Crippen molar-refractivity contribution in [3.05, 3.63) is 23.9 Å². The molecule has 1 aromatic rings. The Balaban J connectivity index is 1.87. The molecule has 22 heavy (non-hydrogen) atoms. The third kappa shape index (κ3) is 4.61. The van der Waals surface area contributed by atoms with Crippen molar-refractivity contribution in [3.8, 4) is 5.88 Å². The van der Waals surface area contributed by atoms with Gasteiger partial charge in [0.05, 0.1) is 6.61 Å². The first-order chi connectivity index (χ1) is 10.4. The zero-order chi connectivity index (χ0) is 16.2. The summed E-state index contributed by atoms with van der Waals surface area (Å²) in [4.78, 5) is 18.2. The van der Waals surface area contributed by atoms with E-state index in [1.165, 1.54) is 5.56 Å². The molecule has 5 heteroatoms. The van der Waals surface area contributed by atoms with E-state index in [0.29, 0.717) is 18.4 Å². The van der Waals surface area contributed by atoms with Crippen molar-refractivity contribution >= 4 is 6.09 Å². The highest BCUT2D eigenvalue weighted by atomic mass is 16.6. The largest absolute Gasteiger partial charge is 0.478 e. The normalized spacial score (nSPS) is 16.5. The first kappa shape index (κ1) is 16.6. The summed E-state index contributed by atoms with van der Waals surface area (Å²) in [5.41, 5.74) is 0.778. The van der Waals surface area contributed by atoms with Crippen LogP contribution in [-0.4, -0.2) is 41.3 Å². The fourth-order valence-corrected chi connectivity index (χ4v) is 2.59. The summed E-state index contributed by atoms with van der Waals surface area (Å²) in [6.07, 6.45) is 3.55. The maximum atomic E-state index is 12.0. The third-order valence-electron chi connectivity index (χ3n) is 3.67. The molecule has 1 aliphatic rings. The van der Waals surface area contributed by atoms with Crippen LogP contribution in [0.3, 0.4) is 0 Å². The smallest absolute Gasteiger partial charge is 0.410 e. The highest BCUT2D eigenvalue weighted by molar-refractivity contribution is 5.68. The van der Waals surface area contributed by atoms with E-state index in [2.05, 4.69) is 11.1 Å². The molecule has 2 rings (SSSR count). The number of rotatable bonds is 3. The van der Waals surface area contributed by atoms with Crippen molar-refractivity contribution in [2.75, 3.05) is 19.7 Å². The van der Waals surface area contributed by atoms with E-state index in [9.17, 15) is 4.79 Å². The number of aromatic nitrogens is 1. The molecule has 0 bridgehead atoms. The number of piperidine rings is 1. The van der Waals surface area contributed by atoms with Crippen LogP contribution in [0, 0.1) is 0 Å². The Bertz CT molecular complexity index is 486. The Morgan fingerprint density at radius 2 is 2.00 bits per heavy atom. The van der Waals surface area contributed by atoms with Crippen molar-refractivity contribution < 1.29 is 14.3 Å². The molecule has 0 spiro atoms. The van der Waals surface area contributed by atoms with Crippen LogP contribution in [0.4, 0.5) is 4.79 Å². The summed E-state index contributed by atoms with van der Waals surface area (Å²) in [6, 6.07) is 3.99. The quantitative estimate of drug-likeness (QED) is 0.856. The first-order valence-electron chi connectivity index (χ1n) is 7.95. The Hall–Kier alpha value is -1.78. The Morgan fingerprint density at radius 1 is 1.32 bits per heavy atom. The lowest BCUT2D eigenvalue weighted by molar-refractivity contribution is 0.0205. The number of hydrogen-bond donors (Lipinski definition) is 0. The van der Waals surface area contributed by atoms with E-state index in [0.717, 1.165) is 25.9 Å². The van der Waals surface area contributed by atoms with Crippen LogP contribution in [0.2, 0.25) is 0 Å². The molecule has 0 aromatic carbocycles. The molecular formula is C17H26N2O3. The van der Waals surface area contributed by atoms with Crippen LogP contribution < -0.4 is 4.74 Å². The van der Waals surface area contributed by atoms with Crippen molar-refractivity contribution in [1.82, 2.24) is 9.88 Å². The lowest BCUT2D eigenvalue weighted by Gasteiger charge is -2.33. The molecule has 0 N–H and O–H groups in total. The fraction of sp³-hybridized carbons (Fsp3) is 0.647. The molecule has 2 heterocycles. The van der Waals surface area contributed by atoms with Crippen LogP contribution >= 0.6 is 0 Å². The van der Waals surface area contributed by atoms with Crippen molar-refractivity contribution in [2.24, 2.45) is 0 Å². The molecule has 0 unspecified atom stereocenters. The van der Waals surface area contributed by atoms with Gasteiger partial charge in [0.15, 0.2) is 0 Å². The zero-order valence-corrected chi connectivity index (χ0v) is 14.0. The van der Waals surface area contributed by atoms with Gasteiger partial charge in [-0.3, -0.25) is 0 Å². The summed E-state index contributed by atoms with van der Waals surface area (Å²) >= 11 is 0. The zero-order valence-electron chi connectivity index (χ0n) is 14.0. The number of carbonyl (C=O) groups is 1. The van der Waals surface area contributed by atoms with Gasteiger partial charge in [0.25, 0.3) is 0 Å². The number of likely N-dealkylation sites (tertiary alicyclic amines) is 1. The molecule has 1 saturated heterocycles. The lowest BCUT2D eigenvalue weighted by Crippen LogP contribution is -2.41. The summed E-state index contributed by atoms with van der Waals surface area (Å²) in [7, 11) is 0. The summed E-state index contributed by atoms with van der Waals surface area (Å²) < 4.78 is 10.8. The molecule has 5 nitrogen and oxygen atoms in total. The van der Waals surface area contributed by atoms with Crippen molar-refractivity contribution in [1.29, 1.82) is 0 Å². The molecule has 1 amide bonds. The first-order valence-corrected chi connectivity index (χ1v) is 7.95. The predicted molar refractivity (Wildman–Crippen MR) is 85.2 cm³/mol. The van der Waals surface area contributed by atoms with E-state index in [1.807, 2.05) is 40.0 Å². The number of hydrogen-bond acceptors (Lipinski definition) is 4. The number of pyridine rings is 1. The average Bonchev–Trinajstić information content (AvgIpc) is 2.47. The number of amides is 1. The Kier molecular flexibility index (Phi) is 5.27. The van der Waals surface area contributed by atoms with Gasteiger partial charge in [0, 0.05) is 25.4 Å². The average molecular weight is 306 g/mol. The van der Waals surface area contributed by atoms with Gasteiger partial charge in [-0.15, -0.1) is 0 Å². The molecule has 1 aromatic heterocycles. The molecular weight excluding hydrogens is 280 g/mol. The van der Waals surface area contributed by atoms with E-state index < -0.39 is 5.60 Å². The van der Waals surface area contributed by atoms with E-state index in [-0.39, 0.29) is 6.09 Å². The van der Waals surface area contributed by atoms with E-state index in [4.69, 9.17) is 9.47 Å². The highest BCUT2D eigenvalue weighted by Crippen LogP contribution is 2.29. The molecule has 122 valence electrons. The van der Waals surface area contributed by atoms with Gasteiger partial charge in [0.1, 0.15) is 5.60 Å². The summed E-state index contributed by atoms with van der Waals surface area (Å²) in [5.74, 6) is 1.11. The Morgan fingerprint density at radius 3 is 2.50 bits per heavy atom. The monoisotopic (exact) mass is 306 g/mol. The minimum Gasteiger partial charge on any atom is -0.478 e. The van der Waals surface area contributed by atoms with Gasteiger partial charge in [-0.2, -0.15) is 0 Å². The molecule has 0 aliphatic carbocycles. The topological polar surface area (TPSA) is 51.7 Å². The fourth-order valence-electron chi connectivity index (χ4n) is 2.59. The van der Waals surface area contributed by atoms with Crippen LogP contribution in [0.5, 0.6) is 5.88 Å². The highest BCUT2D eigenvalue weighted by Gasteiger charge is 2.27.